The summed E-state index contributed by atoms with van der Waals surface area (Å²) in [6.45, 7) is 24.6. The Balaban J connectivity index is 2.31. The quantitative estimate of drug-likeness (QED) is 0.0277. The first kappa shape index (κ1) is 116. The van der Waals surface area contributed by atoms with E-state index >= 15 is 0 Å². The van der Waals surface area contributed by atoms with Crippen molar-refractivity contribution >= 4 is 11.9 Å². The summed E-state index contributed by atoms with van der Waals surface area (Å²) in [6.07, 6.45) is 67.8. The van der Waals surface area contributed by atoms with E-state index in [4.69, 9.17) is 85.4 Å². The molecule has 0 heterocycles. The summed E-state index contributed by atoms with van der Waals surface area (Å²) >= 11 is 0. The van der Waals surface area contributed by atoms with Crippen LogP contribution in [-0.4, -0.2) is 215 Å². The van der Waals surface area contributed by atoms with Crippen molar-refractivity contribution in [3.05, 3.63) is 17.7 Å². The summed E-state index contributed by atoms with van der Waals surface area (Å²) in [4.78, 5) is 29.5. The van der Waals surface area contributed by atoms with Crippen LogP contribution < -0.4 is 14.2 Å². The molecule has 0 saturated heterocycles. The van der Waals surface area contributed by atoms with Gasteiger partial charge < -0.3 is 80.5 Å². The van der Waals surface area contributed by atoms with Gasteiger partial charge in [0.25, 0.3) is 0 Å². The van der Waals surface area contributed by atoms with E-state index in [9.17, 15) is 14.8 Å². The van der Waals surface area contributed by atoms with Gasteiger partial charge in [-0.05, 0) is 82.4 Å². The molecule has 1 unspecified atom stereocenters. The van der Waals surface area contributed by atoms with Crippen molar-refractivity contribution in [3.8, 4) is 17.2 Å². The number of carbonyl (C=O) groups excluding carboxylic acids is 2. The van der Waals surface area contributed by atoms with Gasteiger partial charge in [0.2, 0.25) is 5.75 Å². The molecule has 1 rings (SSSR count). The summed E-state index contributed by atoms with van der Waals surface area (Å²) in [5.74, 6) is 1.90. The molecule has 716 valence electrons. The smallest absolute Gasteiger partial charge is 0.305 e. The Morgan fingerprint density at radius 1 is 0.231 bits per heavy atom. The zero-order valence-electron chi connectivity index (χ0n) is 78.9. The number of hydrogen-bond donors (Lipinski definition) is 1. The van der Waals surface area contributed by atoms with Gasteiger partial charge in [-0.25, -0.2) is 4.89 Å². The van der Waals surface area contributed by atoms with Gasteiger partial charge >= 0.3 is 11.9 Å². The molecule has 0 aliphatic heterocycles. The minimum Gasteiger partial charge on any atom is -0.490 e. The molecule has 0 aliphatic carbocycles. The second kappa shape index (κ2) is 101. The highest BCUT2D eigenvalue weighted by Gasteiger charge is 2.17. The molecule has 0 aliphatic rings. The van der Waals surface area contributed by atoms with Gasteiger partial charge in [-0.15, -0.1) is 0 Å². The molecule has 0 aromatic heterocycles. The molecular weight excluding hydrogens is 1540 g/mol. The number of hydrogen-bond acceptors (Lipinski definition) is 21. The van der Waals surface area contributed by atoms with Crippen LogP contribution >= 0.6 is 0 Å². The van der Waals surface area contributed by atoms with Gasteiger partial charge in [0.1, 0.15) is 13.2 Å². The van der Waals surface area contributed by atoms with Crippen LogP contribution in [0.4, 0.5) is 0 Å². The minimum absolute atomic E-state index is 0.161. The molecule has 1 atom stereocenters. The molecule has 0 fully saturated rings. The van der Waals surface area contributed by atoms with Crippen molar-refractivity contribution in [3.63, 3.8) is 0 Å². The summed E-state index contributed by atoms with van der Waals surface area (Å²) in [5, 5.41) is 9.55. The summed E-state index contributed by atoms with van der Waals surface area (Å²) < 4.78 is 98.3. The van der Waals surface area contributed by atoms with E-state index in [2.05, 4.69) is 39.8 Å². The second-order valence-corrected chi connectivity index (χ2v) is 33.3. The van der Waals surface area contributed by atoms with E-state index < -0.39 is 0 Å². The van der Waals surface area contributed by atoms with Gasteiger partial charge in [-0.3, -0.25) is 14.8 Å². The standard InChI is InChI=1S/C100H190O21/c1-5-8-11-14-17-20-26-35-44-53-63-104-70-74-108-78-81-111-77-73-107-69-62-95(121-103)59-50-41-32-23-29-38-47-56-66-116-96-92-94(4)93-97(117-67-57-48-39-30-24-33-42-51-60-98(101)118-90-88-114-86-84-112-82-79-109-75-71-105-64-54-45-36-27-21-18-15-12-9-6-2)100(96)120-68-58-49-40-31-25-34-43-52-61-99(102)119-91-89-115-87-85-113-83-80-110-76-72-106-65-55-46-37-28-22-19-16-13-10-7-3/h92-93,95,103H,5-91H2,1-4H3. The number of aryl methyl sites for hydroxylation is 1. The molecule has 1 N–H and O–H groups in total. The number of carbonyl (C=O) groups is 2. The normalized spacial score (nSPS) is 11.9. The van der Waals surface area contributed by atoms with Crippen molar-refractivity contribution in [2.45, 2.75) is 406 Å². The first-order valence-electron chi connectivity index (χ1n) is 50.5. The molecule has 0 spiro atoms. The van der Waals surface area contributed by atoms with E-state index in [1.807, 2.05) is 0 Å². The Morgan fingerprint density at radius 3 is 0.702 bits per heavy atom. The highest BCUT2D eigenvalue weighted by molar-refractivity contribution is 5.69. The predicted molar refractivity (Wildman–Crippen MR) is 492 cm³/mol. The van der Waals surface area contributed by atoms with E-state index in [1.54, 1.807) is 0 Å². The third-order valence-corrected chi connectivity index (χ3v) is 21.9. The topological polar surface area (TPSA) is 221 Å². The van der Waals surface area contributed by atoms with Gasteiger partial charge in [0, 0.05) is 45.7 Å². The maximum Gasteiger partial charge on any atom is 0.305 e. The van der Waals surface area contributed by atoms with Crippen LogP contribution in [0, 0.1) is 6.92 Å². The molecule has 0 bridgehead atoms. The van der Waals surface area contributed by atoms with E-state index in [-0.39, 0.29) is 31.3 Å². The van der Waals surface area contributed by atoms with Gasteiger partial charge in [0.15, 0.2) is 11.5 Å². The molecule has 1 aromatic carbocycles. The molecule has 21 nitrogen and oxygen atoms in total. The lowest BCUT2D eigenvalue weighted by molar-refractivity contribution is -0.282. The van der Waals surface area contributed by atoms with Gasteiger partial charge in [-0.1, -0.05) is 316 Å². The maximum absolute atomic E-state index is 12.4. The molecule has 0 saturated carbocycles. The summed E-state index contributed by atoms with van der Waals surface area (Å²) in [6, 6.07) is 4.17. The van der Waals surface area contributed by atoms with Crippen LogP contribution in [0.25, 0.3) is 0 Å². The van der Waals surface area contributed by atoms with Crippen molar-refractivity contribution in [1.82, 2.24) is 0 Å². The zero-order valence-corrected chi connectivity index (χ0v) is 78.9. The number of ether oxygens (including phenoxy) is 17. The third-order valence-electron chi connectivity index (χ3n) is 21.9. The molecular formula is C100H190O21. The lowest BCUT2D eigenvalue weighted by atomic mass is 10.0. The van der Waals surface area contributed by atoms with E-state index in [0.29, 0.717) is 184 Å². The monoisotopic (exact) mass is 1730 g/mol. The summed E-state index contributed by atoms with van der Waals surface area (Å²) in [7, 11) is 0. The lowest BCUT2D eigenvalue weighted by Crippen LogP contribution is -2.16. The van der Waals surface area contributed by atoms with Gasteiger partial charge in [0.05, 0.1) is 158 Å². The Hall–Kier alpha value is -3.00. The first-order chi connectivity index (χ1) is 59.9. The van der Waals surface area contributed by atoms with Gasteiger partial charge in [-0.2, -0.15) is 0 Å². The molecule has 121 heavy (non-hydrogen) atoms. The van der Waals surface area contributed by atoms with Crippen LogP contribution in [0.3, 0.4) is 0 Å². The Bertz CT molecular complexity index is 2180. The predicted octanol–water partition coefficient (Wildman–Crippen LogP) is 25.0. The Kier molecular flexibility index (Phi) is 96.6. The number of benzene rings is 1. The SMILES string of the molecule is CCCCCCCCCCCCOCCOCCOCCOCCOC(=O)CCCCCCCCCCOc1cc(C)cc(OCCCCCCCCCCC(CCOCCOCCOCCOCCCCCCCCCCCC)OO)c1OCCCCCCCCCCC(=O)OCCOCCOCCOCCOCCCCCCCCCCCC. The van der Waals surface area contributed by atoms with Crippen molar-refractivity contribution in [2.75, 3.05) is 192 Å². The van der Waals surface area contributed by atoms with Crippen LogP contribution in [0.15, 0.2) is 12.1 Å². The summed E-state index contributed by atoms with van der Waals surface area (Å²) in [5.41, 5.74) is 1.08. The zero-order chi connectivity index (χ0) is 86.7. The van der Waals surface area contributed by atoms with E-state index in [1.165, 1.54) is 193 Å². The minimum atomic E-state index is -0.217. The first-order valence-corrected chi connectivity index (χ1v) is 50.5. The molecule has 0 amide bonds. The van der Waals surface area contributed by atoms with Crippen molar-refractivity contribution in [2.24, 2.45) is 0 Å². The fourth-order valence-electron chi connectivity index (χ4n) is 14.4. The number of rotatable bonds is 106. The largest absolute Gasteiger partial charge is 0.490 e. The fraction of sp³-hybridized carbons (Fsp3) is 0.920. The van der Waals surface area contributed by atoms with Crippen molar-refractivity contribution < 1.29 is 100 Å². The number of unbranched alkanes of at least 4 members (excludes halogenated alkanes) is 48. The Labute approximate surface area is 741 Å². The Morgan fingerprint density at radius 2 is 0.438 bits per heavy atom. The molecule has 1 aromatic rings. The van der Waals surface area contributed by atoms with Crippen molar-refractivity contribution in [1.29, 1.82) is 0 Å². The average Bonchev–Trinajstić information content (AvgIpc) is 0.830. The van der Waals surface area contributed by atoms with Crippen LogP contribution in [0.5, 0.6) is 17.2 Å². The average molecular weight is 1730 g/mol. The second-order valence-electron chi connectivity index (χ2n) is 33.3. The highest BCUT2D eigenvalue weighted by atomic mass is 17.1. The molecule has 0 radical (unpaired) electrons. The van der Waals surface area contributed by atoms with Crippen LogP contribution in [0.2, 0.25) is 0 Å². The molecule has 21 heteroatoms. The maximum atomic E-state index is 12.4. The fourth-order valence-corrected chi connectivity index (χ4v) is 14.4. The van der Waals surface area contributed by atoms with Crippen LogP contribution in [0.1, 0.15) is 399 Å². The highest BCUT2D eigenvalue weighted by Crippen LogP contribution is 2.40. The number of esters is 2. The third kappa shape index (κ3) is 90.2. The lowest BCUT2D eigenvalue weighted by Gasteiger charge is -2.18. The van der Waals surface area contributed by atoms with E-state index in [0.717, 1.165) is 197 Å². The van der Waals surface area contributed by atoms with Crippen LogP contribution in [-0.2, 0) is 80.8 Å².